The summed E-state index contributed by atoms with van der Waals surface area (Å²) < 4.78 is 2.00. The first kappa shape index (κ1) is 13.0. The predicted octanol–water partition coefficient (Wildman–Crippen LogP) is 1.62. The van der Waals surface area contributed by atoms with Crippen molar-refractivity contribution >= 4 is 22.9 Å². The summed E-state index contributed by atoms with van der Waals surface area (Å²) in [5.74, 6) is -0.134. The molecule has 2 N–H and O–H groups in total. The second kappa shape index (κ2) is 5.16. The van der Waals surface area contributed by atoms with Crippen LogP contribution in [0.15, 0.2) is 47.5 Å². The summed E-state index contributed by atoms with van der Waals surface area (Å²) in [5, 5.41) is 19.7. The average Bonchev–Trinajstić information content (AvgIpc) is 2.46. The maximum absolute atomic E-state index is 9.30. The number of aryl methyl sites for hydroxylation is 1. The first-order valence-electron chi connectivity index (χ1n) is 6.32. The smallest absolute Gasteiger partial charge is 0.319 e. The first-order valence-corrected chi connectivity index (χ1v) is 6.32. The number of fused-ring (bicyclic) bond motifs is 1. The molecule has 0 aliphatic carbocycles. The van der Waals surface area contributed by atoms with Crippen LogP contribution >= 0.6 is 0 Å². The zero-order chi connectivity index (χ0) is 14.8. The van der Waals surface area contributed by atoms with Crippen molar-refractivity contribution in [2.24, 2.45) is 12.0 Å². The highest BCUT2D eigenvalue weighted by atomic mass is 16.3. The van der Waals surface area contributed by atoms with Crippen LogP contribution in [0.2, 0.25) is 0 Å². The molecule has 0 fully saturated rings. The number of nitrogens with zero attached hydrogens (tertiary/aromatic N) is 4. The summed E-state index contributed by atoms with van der Waals surface area (Å²) in [6.07, 6.45) is 1.62. The number of aliphatic imine (C=N–C) groups is 1. The van der Waals surface area contributed by atoms with Gasteiger partial charge in [0.05, 0.1) is 0 Å². The summed E-state index contributed by atoms with van der Waals surface area (Å²) in [4.78, 5) is 11.2. The number of hydrogen-bond acceptors (Lipinski definition) is 5. The van der Waals surface area contributed by atoms with Crippen molar-refractivity contribution in [3.63, 3.8) is 0 Å². The van der Waals surface area contributed by atoms with Gasteiger partial charge in [0.2, 0.25) is 17.1 Å². The molecule has 3 aromatic rings. The molecule has 6 heteroatoms. The fourth-order valence-electron chi connectivity index (χ4n) is 2.10. The van der Waals surface area contributed by atoms with Crippen molar-refractivity contribution < 1.29 is 14.8 Å². The molecule has 2 aromatic heterocycles. The maximum atomic E-state index is 9.30. The largest absolute Gasteiger partial charge is 0.493 e. The van der Waals surface area contributed by atoms with Crippen molar-refractivity contribution in [2.75, 3.05) is 0 Å². The summed E-state index contributed by atoms with van der Waals surface area (Å²) in [5.41, 5.74) is 1.95. The lowest BCUT2D eigenvalue weighted by atomic mass is 10.2. The molecule has 0 unspecified atom stereocenters. The lowest BCUT2D eigenvalue weighted by molar-refractivity contribution is -0.645. The van der Waals surface area contributed by atoms with Gasteiger partial charge >= 0.3 is 6.01 Å². The van der Waals surface area contributed by atoms with Crippen molar-refractivity contribution in [2.45, 2.75) is 0 Å². The highest BCUT2D eigenvalue weighted by molar-refractivity contribution is 5.82. The van der Waals surface area contributed by atoms with Crippen LogP contribution in [0.5, 0.6) is 11.9 Å². The van der Waals surface area contributed by atoms with E-state index in [1.165, 1.54) is 6.07 Å². The summed E-state index contributed by atoms with van der Waals surface area (Å²) in [6, 6.07) is 12.7. The lowest BCUT2D eigenvalue weighted by Gasteiger charge is -1.99. The number of para-hydroxylation sites is 1. The van der Waals surface area contributed by atoms with E-state index in [9.17, 15) is 10.2 Å². The Morgan fingerprint density at radius 2 is 1.90 bits per heavy atom. The van der Waals surface area contributed by atoms with Gasteiger partial charge < -0.3 is 10.2 Å². The monoisotopic (exact) mass is 281 g/mol. The molecular formula is C15H13N4O2+. The van der Waals surface area contributed by atoms with E-state index >= 15 is 0 Å². The minimum Gasteiger partial charge on any atom is -0.493 e. The zero-order valence-electron chi connectivity index (χ0n) is 11.3. The van der Waals surface area contributed by atoms with E-state index in [1.807, 2.05) is 48.0 Å². The molecule has 0 aliphatic heterocycles. The van der Waals surface area contributed by atoms with E-state index in [0.29, 0.717) is 0 Å². The van der Waals surface area contributed by atoms with Crippen molar-refractivity contribution in [3.8, 4) is 11.9 Å². The van der Waals surface area contributed by atoms with Gasteiger partial charge in [-0.1, -0.05) is 12.1 Å². The first-order chi connectivity index (χ1) is 10.1. The predicted molar refractivity (Wildman–Crippen MR) is 77.7 cm³/mol. The molecule has 0 saturated heterocycles. The van der Waals surface area contributed by atoms with Gasteiger partial charge in [0.1, 0.15) is 13.3 Å². The van der Waals surface area contributed by atoms with Crippen LogP contribution in [0, 0.1) is 0 Å². The van der Waals surface area contributed by atoms with Gasteiger partial charge in [-0.2, -0.15) is 14.5 Å². The van der Waals surface area contributed by atoms with Crippen LogP contribution < -0.4 is 4.57 Å². The van der Waals surface area contributed by atoms with Crippen molar-refractivity contribution in [1.82, 2.24) is 9.97 Å². The third-order valence-corrected chi connectivity index (χ3v) is 3.14. The van der Waals surface area contributed by atoms with Crippen LogP contribution in [0.25, 0.3) is 10.9 Å². The molecule has 21 heavy (non-hydrogen) atoms. The van der Waals surface area contributed by atoms with Gasteiger partial charge in [-0.25, -0.2) is 4.99 Å². The molecule has 0 atom stereocenters. The molecule has 0 amide bonds. The van der Waals surface area contributed by atoms with Gasteiger partial charge in [-0.05, 0) is 12.1 Å². The minimum absolute atomic E-state index is 0.188. The Hall–Kier alpha value is -3.02. The molecular weight excluding hydrogens is 268 g/mol. The number of aromatic hydroxyl groups is 2. The van der Waals surface area contributed by atoms with Gasteiger partial charge in [0.25, 0.3) is 0 Å². The molecule has 6 nitrogen and oxygen atoms in total. The number of rotatable bonds is 2. The van der Waals surface area contributed by atoms with Crippen LogP contribution in [0.1, 0.15) is 5.69 Å². The molecule has 0 aliphatic rings. The Bertz CT molecular complexity index is 826. The molecule has 2 heterocycles. The normalized spacial score (nSPS) is 11.3. The van der Waals surface area contributed by atoms with Gasteiger partial charge in [0.15, 0.2) is 5.82 Å². The third-order valence-electron chi connectivity index (χ3n) is 3.14. The summed E-state index contributed by atoms with van der Waals surface area (Å²) >= 11 is 0. The topological polar surface area (TPSA) is 82.5 Å². The zero-order valence-corrected chi connectivity index (χ0v) is 11.3. The number of pyridine rings is 1. The minimum atomic E-state index is -0.509. The lowest BCUT2D eigenvalue weighted by Crippen LogP contribution is -2.34. The number of aromatic nitrogens is 3. The Balaban J connectivity index is 2.01. The fraction of sp³-hybridized carbons (Fsp3) is 0.0667. The van der Waals surface area contributed by atoms with Crippen molar-refractivity contribution in [1.29, 1.82) is 0 Å². The van der Waals surface area contributed by atoms with E-state index < -0.39 is 6.01 Å². The van der Waals surface area contributed by atoms with Gasteiger partial charge in [0, 0.05) is 23.6 Å². The quantitative estimate of drug-likeness (QED) is 0.552. The van der Waals surface area contributed by atoms with Crippen molar-refractivity contribution in [3.05, 3.63) is 48.2 Å². The second-order valence-electron chi connectivity index (χ2n) is 4.52. The molecule has 104 valence electrons. The van der Waals surface area contributed by atoms with E-state index in [1.54, 1.807) is 6.21 Å². The molecule has 0 radical (unpaired) electrons. The maximum Gasteiger partial charge on any atom is 0.319 e. The van der Waals surface area contributed by atoms with Crippen LogP contribution in [0.3, 0.4) is 0 Å². The third kappa shape index (κ3) is 2.64. The van der Waals surface area contributed by atoms with Crippen LogP contribution in [-0.4, -0.2) is 26.4 Å². The fourth-order valence-corrected chi connectivity index (χ4v) is 2.10. The standard InChI is InChI=1S/C15H12N4O2/c1-19-11(7-6-10-4-2-3-5-12(10)19)9-16-13-8-14(20)18-15(21)17-13/h2-9H,1H3,(H-,17,18,20,21)/p+1. The Labute approximate surface area is 120 Å². The molecule has 0 bridgehead atoms. The van der Waals surface area contributed by atoms with E-state index in [2.05, 4.69) is 15.0 Å². The Morgan fingerprint density at radius 1 is 1.10 bits per heavy atom. The van der Waals surface area contributed by atoms with Gasteiger partial charge in [-0.15, -0.1) is 0 Å². The second-order valence-corrected chi connectivity index (χ2v) is 4.52. The number of hydrogen-bond donors (Lipinski definition) is 2. The van der Waals surface area contributed by atoms with E-state index in [0.717, 1.165) is 16.6 Å². The number of benzene rings is 1. The Morgan fingerprint density at radius 3 is 2.71 bits per heavy atom. The summed E-state index contributed by atoms with van der Waals surface area (Å²) in [7, 11) is 1.94. The highest BCUT2D eigenvalue weighted by Crippen LogP contribution is 2.17. The Kier molecular flexibility index (Phi) is 3.19. The average molecular weight is 281 g/mol. The van der Waals surface area contributed by atoms with Gasteiger partial charge in [-0.3, -0.25) is 0 Å². The summed E-state index contributed by atoms with van der Waals surface area (Å²) in [6.45, 7) is 0. The highest BCUT2D eigenvalue weighted by Gasteiger charge is 2.09. The molecule has 1 aromatic carbocycles. The van der Waals surface area contributed by atoms with Crippen LogP contribution in [-0.2, 0) is 7.05 Å². The van der Waals surface area contributed by atoms with E-state index in [-0.39, 0.29) is 11.7 Å². The SMILES string of the molecule is C[n+]1c(C=Nc2cc(O)nc(O)n2)ccc2ccccc21. The molecule has 0 saturated carbocycles. The molecule has 0 spiro atoms. The van der Waals surface area contributed by atoms with Crippen LogP contribution in [0.4, 0.5) is 5.82 Å². The van der Waals surface area contributed by atoms with E-state index in [4.69, 9.17) is 0 Å². The molecule has 3 rings (SSSR count).